The fourth-order valence-corrected chi connectivity index (χ4v) is 3.12. The Morgan fingerprint density at radius 1 is 1.11 bits per heavy atom. The van der Waals surface area contributed by atoms with Gasteiger partial charge in [0.1, 0.15) is 5.82 Å². The van der Waals surface area contributed by atoms with Gasteiger partial charge in [0.25, 0.3) is 0 Å². The van der Waals surface area contributed by atoms with Crippen LogP contribution in [0.2, 0.25) is 0 Å². The molecule has 0 atom stereocenters. The lowest BCUT2D eigenvalue weighted by Crippen LogP contribution is -2.39. The molecule has 0 bridgehead atoms. The van der Waals surface area contributed by atoms with E-state index < -0.39 is 5.41 Å². The van der Waals surface area contributed by atoms with E-state index in [9.17, 15) is 14.6 Å². The van der Waals surface area contributed by atoms with Crippen LogP contribution in [0.5, 0.6) is 0 Å². The Balaban J connectivity index is 2.22. The van der Waals surface area contributed by atoms with E-state index in [0.29, 0.717) is 17.9 Å². The summed E-state index contributed by atoms with van der Waals surface area (Å²) < 4.78 is 13.7. The van der Waals surface area contributed by atoms with Crippen molar-refractivity contribution in [1.82, 2.24) is 0 Å². The third-order valence-corrected chi connectivity index (χ3v) is 4.35. The van der Waals surface area contributed by atoms with Gasteiger partial charge < -0.3 is 10.2 Å². The van der Waals surface area contributed by atoms with Crippen molar-refractivity contribution in [2.75, 3.05) is 13.2 Å². The lowest BCUT2D eigenvalue weighted by Gasteiger charge is -2.36. The minimum atomic E-state index is -0.571. The highest BCUT2D eigenvalue weighted by Crippen LogP contribution is 2.42. The monoisotopic (exact) mass is 252 g/mol. The van der Waals surface area contributed by atoms with Crippen molar-refractivity contribution < 1.29 is 14.6 Å². The number of halogens is 1. The molecule has 1 saturated carbocycles. The van der Waals surface area contributed by atoms with E-state index in [4.69, 9.17) is 0 Å². The molecule has 1 aliphatic carbocycles. The fourth-order valence-electron chi connectivity index (χ4n) is 3.12. The number of aliphatic hydroxyl groups excluding tert-OH is 2. The molecule has 0 amide bonds. The highest BCUT2D eigenvalue weighted by atomic mass is 19.1. The first kappa shape index (κ1) is 13.5. The molecule has 2 rings (SSSR count). The van der Waals surface area contributed by atoms with Crippen LogP contribution >= 0.6 is 0 Å². The summed E-state index contributed by atoms with van der Waals surface area (Å²) in [5, 5.41) is 19.4. The first-order chi connectivity index (χ1) is 8.72. The maximum absolute atomic E-state index is 13.7. The molecule has 2 nitrogen and oxygen atoms in total. The van der Waals surface area contributed by atoms with Crippen LogP contribution < -0.4 is 0 Å². The highest BCUT2D eigenvalue weighted by Gasteiger charge is 2.39. The van der Waals surface area contributed by atoms with Crippen molar-refractivity contribution in [1.29, 1.82) is 0 Å². The van der Waals surface area contributed by atoms with E-state index in [0.717, 1.165) is 25.7 Å². The Hall–Kier alpha value is -0.930. The van der Waals surface area contributed by atoms with Crippen LogP contribution in [0.3, 0.4) is 0 Å². The SMILES string of the molecule is OCC(CO)(Cc1ccccc1F)C1CCCC1. The zero-order valence-electron chi connectivity index (χ0n) is 10.6. The minimum Gasteiger partial charge on any atom is -0.396 e. The molecule has 0 aliphatic heterocycles. The molecule has 100 valence electrons. The van der Waals surface area contributed by atoms with Gasteiger partial charge in [0.2, 0.25) is 0 Å². The zero-order valence-corrected chi connectivity index (χ0v) is 10.6. The molecule has 0 unspecified atom stereocenters. The van der Waals surface area contributed by atoms with Gasteiger partial charge in [0.15, 0.2) is 0 Å². The molecule has 0 radical (unpaired) electrons. The lowest BCUT2D eigenvalue weighted by atomic mass is 9.71. The van der Waals surface area contributed by atoms with Crippen molar-refractivity contribution in [3.8, 4) is 0 Å². The largest absolute Gasteiger partial charge is 0.396 e. The number of hydrogen-bond acceptors (Lipinski definition) is 2. The predicted molar refractivity (Wildman–Crippen MR) is 68.7 cm³/mol. The quantitative estimate of drug-likeness (QED) is 0.845. The van der Waals surface area contributed by atoms with E-state index in [-0.39, 0.29) is 19.0 Å². The summed E-state index contributed by atoms with van der Waals surface area (Å²) in [6.07, 6.45) is 4.75. The smallest absolute Gasteiger partial charge is 0.126 e. The van der Waals surface area contributed by atoms with Crippen LogP contribution in [0.25, 0.3) is 0 Å². The Labute approximate surface area is 107 Å². The summed E-state index contributed by atoms with van der Waals surface area (Å²) in [7, 11) is 0. The van der Waals surface area contributed by atoms with E-state index >= 15 is 0 Å². The Morgan fingerprint density at radius 3 is 2.28 bits per heavy atom. The van der Waals surface area contributed by atoms with Crippen molar-refractivity contribution in [2.24, 2.45) is 11.3 Å². The molecule has 1 aromatic carbocycles. The lowest BCUT2D eigenvalue weighted by molar-refractivity contribution is 0.00513. The maximum Gasteiger partial charge on any atom is 0.126 e. The average molecular weight is 252 g/mol. The van der Waals surface area contributed by atoms with Crippen molar-refractivity contribution >= 4 is 0 Å². The standard InChI is InChI=1S/C15H21FO2/c16-14-8-4-1-5-12(14)9-15(10-17,11-18)13-6-2-3-7-13/h1,4-5,8,13,17-18H,2-3,6-7,9-11H2. The molecule has 0 spiro atoms. The molecular formula is C15H21FO2. The number of benzene rings is 1. The van der Waals surface area contributed by atoms with E-state index in [1.54, 1.807) is 18.2 Å². The summed E-state index contributed by atoms with van der Waals surface area (Å²) in [6, 6.07) is 6.63. The first-order valence-corrected chi connectivity index (χ1v) is 6.67. The zero-order chi connectivity index (χ0) is 13.0. The molecule has 0 saturated heterocycles. The van der Waals surface area contributed by atoms with Crippen molar-refractivity contribution in [3.63, 3.8) is 0 Å². The summed E-state index contributed by atoms with van der Waals surface area (Å²) in [5.74, 6) is 0.0499. The third-order valence-electron chi connectivity index (χ3n) is 4.35. The van der Waals surface area contributed by atoms with Crippen LogP contribution in [-0.4, -0.2) is 23.4 Å². The van der Waals surface area contributed by atoms with Crippen LogP contribution in [-0.2, 0) is 6.42 Å². The second-order valence-electron chi connectivity index (χ2n) is 5.43. The number of rotatable bonds is 5. The molecule has 1 aromatic rings. The molecule has 0 heterocycles. The van der Waals surface area contributed by atoms with Gasteiger partial charge in [0, 0.05) is 5.41 Å². The van der Waals surface area contributed by atoms with Crippen LogP contribution in [0.4, 0.5) is 4.39 Å². The molecular weight excluding hydrogens is 231 g/mol. The topological polar surface area (TPSA) is 40.5 Å². The second kappa shape index (κ2) is 5.81. The highest BCUT2D eigenvalue weighted by molar-refractivity contribution is 5.19. The predicted octanol–water partition coefficient (Wildman–Crippen LogP) is 2.53. The number of hydrogen-bond donors (Lipinski definition) is 2. The molecule has 3 heteroatoms. The Bertz CT molecular complexity index is 382. The van der Waals surface area contributed by atoms with Crippen molar-refractivity contribution in [3.05, 3.63) is 35.6 Å². The van der Waals surface area contributed by atoms with E-state index in [1.165, 1.54) is 6.07 Å². The first-order valence-electron chi connectivity index (χ1n) is 6.67. The van der Waals surface area contributed by atoms with Crippen LogP contribution in [0, 0.1) is 17.2 Å². The third kappa shape index (κ3) is 2.57. The maximum atomic E-state index is 13.7. The molecule has 18 heavy (non-hydrogen) atoms. The van der Waals surface area contributed by atoms with Crippen LogP contribution in [0.1, 0.15) is 31.2 Å². The van der Waals surface area contributed by atoms with Crippen LogP contribution in [0.15, 0.2) is 24.3 Å². The van der Waals surface area contributed by atoms with Gasteiger partial charge in [-0.15, -0.1) is 0 Å². The van der Waals surface area contributed by atoms with Gasteiger partial charge in [-0.1, -0.05) is 31.0 Å². The second-order valence-corrected chi connectivity index (χ2v) is 5.43. The molecule has 1 fully saturated rings. The van der Waals surface area contributed by atoms with Gasteiger partial charge >= 0.3 is 0 Å². The summed E-state index contributed by atoms with van der Waals surface area (Å²) >= 11 is 0. The Morgan fingerprint density at radius 2 is 1.72 bits per heavy atom. The van der Waals surface area contributed by atoms with Gasteiger partial charge in [-0.2, -0.15) is 0 Å². The van der Waals surface area contributed by atoms with Gasteiger partial charge in [-0.25, -0.2) is 4.39 Å². The van der Waals surface area contributed by atoms with E-state index in [2.05, 4.69) is 0 Å². The van der Waals surface area contributed by atoms with Gasteiger partial charge in [-0.3, -0.25) is 0 Å². The Kier molecular flexibility index (Phi) is 4.36. The fraction of sp³-hybridized carbons (Fsp3) is 0.600. The van der Waals surface area contributed by atoms with Gasteiger partial charge in [0.05, 0.1) is 13.2 Å². The number of aliphatic hydroxyl groups is 2. The molecule has 1 aliphatic rings. The van der Waals surface area contributed by atoms with Crippen molar-refractivity contribution in [2.45, 2.75) is 32.1 Å². The minimum absolute atomic E-state index is 0.0809. The normalized spacial score (nSPS) is 17.3. The van der Waals surface area contributed by atoms with Gasteiger partial charge in [-0.05, 0) is 36.8 Å². The van der Waals surface area contributed by atoms with E-state index in [1.807, 2.05) is 0 Å². The molecule has 2 N–H and O–H groups in total. The molecule has 0 aromatic heterocycles. The summed E-state index contributed by atoms with van der Waals surface area (Å²) in [5.41, 5.74) is 0.0195. The summed E-state index contributed by atoms with van der Waals surface area (Å²) in [6.45, 7) is -0.162. The average Bonchev–Trinajstić information content (AvgIpc) is 2.93. The summed E-state index contributed by atoms with van der Waals surface area (Å²) in [4.78, 5) is 0.